The predicted octanol–water partition coefficient (Wildman–Crippen LogP) is 5.97. The van der Waals surface area contributed by atoms with Gasteiger partial charge in [0.1, 0.15) is 17.3 Å². The molecule has 0 aliphatic rings. The van der Waals surface area contributed by atoms with Gasteiger partial charge in [0.15, 0.2) is 0 Å². The second kappa shape index (κ2) is 8.86. The van der Waals surface area contributed by atoms with E-state index in [0.717, 1.165) is 5.39 Å². The normalized spacial score (nSPS) is 11.6. The summed E-state index contributed by atoms with van der Waals surface area (Å²) in [6.07, 6.45) is -4.76. The number of halogens is 5. The highest BCUT2D eigenvalue weighted by Gasteiger charge is 2.31. The molecule has 170 valence electrons. The predicted molar refractivity (Wildman–Crippen MR) is 118 cm³/mol. The highest BCUT2D eigenvalue weighted by atomic mass is 79.9. The van der Waals surface area contributed by atoms with Gasteiger partial charge in [-0.1, -0.05) is 12.1 Å². The molecule has 0 saturated heterocycles. The first-order valence-corrected chi connectivity index (χ1v) is 10.5. The molecule has 3 aromatic carbocycles. The Kier molecular flexibility index (Phi) is 6.11. The molecule has 1 aromatic heterocycles. The number of ether oxygens (including phenoxy) is 1. The van der Waals surface area contributed by atoms with E-state index in [-0.39, 0.29) is 18.2 Å². The first-order chi connectivity index (χ1) is 15.6. The van der Waals surface area contributed by atoms with Gasteiger partial charge in [-0.15, -0.1) is 13.2 Å². The van der Waals surface area contributed by atoms with Gasteiger partial charge in [0.2, 0.25) is 0 Å². The second-order valence-corrected chi connectivity index (χ2v) is 8.03. The molecule has 4 rings (SSSR count). The molecule has 10 heteroatoms. The molecule has 0 bridgehead atoms. The summed E-state index contributed by atoms with van der Waals surface area (Å²) in [7, 11) is 1.70. The van der Waals surface area contributed by atoms with Gasteiger partial charge in [-0.2, -0.15) is 5.10 Å². The second-order valence-electron chi connectivity index (χ2n) is 7.17. The summed E-state index contributed by atoms with van der Waals surface area (Å²) in [5.74, 6) is -1.14. The summed E-state index contributed by atoms with van der Waals surface area (Å²) < 4.78 is 57.0. The minimum absolute atomic E-state index is 0.0190. The standard InChI is InChI=1S/C23H16BrF4N3O2/c1-31-19-11-14(22(32)29-12-15-3-2-4-18(24)20(15)25)7-10-17(19)21(30-31)13-5-8-16(9-6-13)33-23(26,27)28/h2-11H,12H2,1H3,(H,29,32). The Morgan fingerprint density at radius 1 is 1.12 bits per heavy atom. The zero-order valence-electron chi connectivity index (χ0n) is 17.1. The molecule has 0 fully saturated rings. The quantitative estimate of drug-likeness (QED) is 0.329. The van der Waals surface area contributed by atoms with Crippen LogP contribution in [0.25, 0.3) is 22.2 Å². The third-order valence-electron chi connectivity index (χ3n) is 4.95. The number of carbonyl (C=O) groups excluding carboxylic acids is 1. The molecule has 0 spiro atoms. The number of rotatable bonds is 5. The Balaban J connectivity index is 1.56. The number of nitrogens with one attached hydrogen (secondary N) is 1. The molecule has 1 amide bonds. The van der Waals surface area contributed by atoms with Crippen LogP contribution in [-0.2, 0) is 13.6 Å². The van der Waals surface area contributed by atoms with Crippen molar-refractivity contribution in [2.45, 2.75) is 12.9 Å². The molecule has 0 atom stereocenters. The number of aromatic nitrogens is 2. The molecular weight excluding hydrogens is 506 g/mol. The van der Waals surface area contributed by atoms with Crippen molar-refractivity contribution < 1.29 is 27.1 Å². The molecule has 1 heterocycles. The van der Waals surface area contributed by atoms with Gasteiger partial charge in [-0.05, 0) is 64.5 Å². The number of fused-ring (bicyclic) bond motifs is 1. The van der Waals surface area contributed by atoms with E-state index in [1.54, 1.807) is 48.1 Å². The number of carbonyl (C=O) groups is 1. The maximum absolute atomic E-state index is 14.1. The van der Waals surface area contributed by atoms with Crippen LogP contribution in [0.2, 0.25) is 0 Å². The lowest BCUT2D eigenvalue weighted by atomic mass is 10.1. The summed E-state index contributed by atoms with van der Waals surface area (Å²) in [6.45, 7) is 0.0190. The first-order valence-electron chi connectivity index (χ1n) is 9.66. The fourth-order valence-electron chi connectivity index (χ4n) is 3.39. The Hall–Kier alpha value is -3.40. The van der Waals surface area contributed by atoms with Gasteiger partial charge in [-0.25, -0.2) is 4.39 Å². The van der Waals surface area contributed by atoms with Crippen LogP contribution in [0.5, 0.6) is 5.75 Å². The maximum Gasteiger partial charge on any atom is 0.573 e. The number of alkyl halides is 3. The maximum atomic E-state index is 14.1. The van der Waals surface area contributed by atoms with Crippen LogP contribution in [-0.4, -0.2) is 22.1 Å². The van der Waals surface area contributed by atoms with E-state index in [1.165, 1.54) is 24.3 Å². The third kappa shape index (κ3) is 5.00. The van der Waals surface area contributed by atoms with E-state index in [2.05, 4.69) is 31.1 Å². The van der Waals surface area contributed by atoms with Gasteiger partial charge >= 0.3 is 6.36 Å². The van der Waals surface area contributed by atoms with Crippen molar-refractivity contribution >= 4 is 32.7 Å². The zero-order chi connectivity index (χ0) is 23.8. The van der Waals surface area contributed by atoms with Gasteiger partial charge in [0.05, 0.1) is 9.99 Å². The SMILES string of the molecule is Cn1nc(-c2ccc(OC(F)(F)F)cc2)c2ccc(C(=O)NCc3cccc(Br)c3F)cc21. The monoisotopic (exact) mass is 521 g/mol. The van der Waals surface area contributed by atoms with E-state index < -0.39 is 12.2 Å². The fraction of sp³-hybridized carbons (Fsp3) is 0.130. The molecule has 0 aliphatic carbocycles. The molecule has 0 unspecified atom stereocenters. The van der Waals surface area contributed by atoms with Crippen LogP contribution < -0.4 is 10.1 Å². The number of amides is 1. The average molecular weight is 522 g/mol. The fourth-order valence-corrected chi connectivity index (χ4v) is 3.80. The van der Waals surface area contributed by atoms with Crippen LogP contribution in [0.1, 0.15) is 15.9 Å². The van der Waals surface area contributed by atoms with E-state index in [4.69, 9.17) is 0 Å². The molecule has 0 aliphatic heterocycles. The first kappa shape index (κ1) is 22.8. The minimum atomic E-state index is -4.76. The lowest BCUT2D eigenvalue weighted by Gasteiger charge is -2.09. The van der Waals surface area contributed by atoms with E-state index in [0.29, 0.717) is 32.4 Å². The number of hydrogen-bond donors (Lipinski definition) is 1. The van der Waals surface area contributed by atoms with Crippen LogP contribution in [0, 0.1) is 5.82 Å². The van der Waals surface area contributed by atoms with Crippen LogP contribution in [0.15, 0.2) is 65.1 Å². The topological polar surface area (TPSA) is 56.2 Å². The van der Waals surface area contributed by atoms with E-state index in [9.17, 15) is 22.4 Å². The summed E-state index contributed by atoms with van der Waals surface area (Å²) >= 11 is 3.12. The van der Waals surface area contributed by atoms with Crippen molar-refractivity contribution in [1.82, 2.24) is 15.1 Å². The van der Waals surface area contributed by atoms with Gasteiger partial charge in [0, 0.05) is 35.7 Å². The van der Waals surface area contributed by atoms with Crippen LogP contribution in [0.3, 0.4) is 0 Å². The number of nitrogens with zero attached hydrogens (tertiary/aromatic N) is 2. The van der Waals surface area contributed by atoms with Gasteiger partial charge in [-0.3, -0.25) is 9.48 Å². The zero-order valence-corrected chi connectivity index (χ0v) is 18.7. The molecule has 4 aromatic rings. The van der Waals surface area contributed by atoms with Gasteiger partial charge < -0.3 is 10.1 Å². The molecule has 0 radical (unpaired) electrons. The van der Waals surface area contributed by atoms with Crippen molar-refractivity contribution in [2.24, 2.45) is 7.05 Å². The molecular formula is C23H16BrF4N3O2. The number of hydrogen-bond acceptors (Lipinski definition) is 3. The van der Waals surface area contributed by atoms with E-state index >= 15 is 0 Å². The third-order valence-corrected chi connectivity index (χ3v) is 5.56. The van der Waals surface area contributed by atoms with E-state index in [1.807, 2.05) is 0 Å². The van der Waals surface area contributed by atoms with Crippen molar-refractivity contribution in [1.29, 1.82) is 0 Å². The lowest BCUT2D eigenvalue weighted by Crippen LogP contribution is -2.23. The van der Waals surface area contributed by atoms with Gasteiger partial charge in [0.25, 0.3) is 5.91 Å². The minimum Gasteiger partial charge on any atom is -0.406 e. The Morgan fingerprint density at radius 2 is 1.85 bits per heavy atom. The summed E-state index contributed by atoms with van der Waals surface area (Å²) in [4.78, 5) is 12.6. The highest BCUT2D eigenvalue weighted by Crippen LogP contribution is 2.31. The number of aryl methyl sites for hydroxylation is 1. The smallest absolute Gasteiger partial charge is 0.406 e. The summed E-state index contributed by atoms with van der Waals surface area (Å²) in [5, 5.41) is 7.86. The van der Waals surface area contributed by atoms with Crippen molar-refractivity contribution in [2.75, 3.05) is 0 Å². The Labute approximate surface area is 194 Å². The summed E-state index contributed by atoms with van der Waals surface area (Å²) in [6, 6.07) is 15.2. The Morgan fingerprint density at radius 3 is 2.55 bits per heavy atom. The van der Waals surface area contributed by atoms with Crippen molar-refractivity contribution in [3.63, 3.8) is 0 Å². The number of benzene rings is 3. The lowest BCUT2D eigenvalue weighted by molar-refractivity contribution is -0.274. The van der Waals surface area contributed by atoms with Crippen molar-refractivity contribution in [3.05, 3.63) is 82.1 Å². The highest BCUT2D eigenvalue weighted by molar-refractivity contribution is 9.10. The average Bonchev–Trinajstić information content (AvgIpc) is 3.10. The van der Waals surface area contributed by atoms with Crippen LogP contribution in [0.4, 0.5) is 17.6 Å². The molecule has 5 nitrogen and oxygen atoms in total. The Bertz CT molecular complexity index is 1330. The molecule has 0 saturated carbocycles. The largest absolute Gasteiger partial charge is 0.573 e. The molecule has 1 N–H and O–H groups in total. The summed E-state index contributed by atoms with van der Waals surface area (Å²) in [5.41, 5.74) is 2.51. The molecule has 33 heavy (non-hydrogen) atoms. The van der Waals surface area contributed by atoms with Crippen LogP contribution >= 0.6 is 15.9 Å². The van der Waals surface area contributed by atoms with Crippen molar-refractivity contribution in [3.8, 4) is 17.0 Å².